The van der Waals surface area contributed by atoms with Crippen LogP contribution in [0.1, 0.15) is 37.8 Å². The molecule has 2 rings (SSSR count). The maximum atomic E-state index is 13.4. The van der Waals surface area contributed by atoms with E-state index in [0.29, 0.717) is 12.0 Å². The van der Waals surface area contributed by atoms with Gasteiger partial charge in [0.1, 0.15) is 5.82 Å². The van der Waals surface area contributed by atoms with Gasteiger partial charge in [0, 0.05) is 10.5 Å². The molecule has 2 unspecified atom stereocenters. The summed E-state index contributed by atoms with van der Waals surface area (Å²) in [7, 11) is 2.01. The quantitative estimate of drug-likeness (QED) is 0.890. The molecule has 1 N–H and O–H groups in total. The summed E-state index contributed by atoms with van der Waals surface area (Å²) in [5.74, 6) is 0.395. The highest BCUT2D eigenvalue weighted by atomic mass is 79.9. The van der Waals surface area contributed by atoms with Crippen molar-refractivity contribution in [2.75, 3.05) is 26.7 Å². The van der Waals surface area contributed by atoms with Crippen molar-refractivity contribution in [1.29, 1.82) is 0 Å². The van der Waals surface area contributed by atoms with Crippen LogP contribution in [0.25, 0.3) is 0 Å². The average molecular weight is 343 g/mol. The second-order valence-corrected chi connectivity index (χ2v) is 6.41. The Labute approximate surface area is 129 Å². The molecule has 0 saturated carbocycles. The van der Waals surface area contributed by atoms with Crippen LogP contribution >= 0.6 is 15.9 Å². The van der Waals surface area contributed by atoms with E-state index in [2.05, 4.69) is 33.1 Å². The van der Waals surface area contributed by atoms with E-state index in [9.17, 15) is 4.39 Å². The highest BCUT2D eigenvalue weighted by Gasteiger charge is 2.31. The monoisotopic (exact) mass is 342 g/mol. The standard InChI is InChI=1S/C16H24BrFN2/c1-3-20-9-5-4-6-12(11-19-2)16(20)14-8-7-13(18)10-15(14)17/h7-8,10,12,16,19H,3-6,9,11H2,1-2H3. The SMILES string of the molecule is CCN1CCCCC(CNC)C1c1ccc(F)cc1Br. The zero-order chi connectivity index (χ0) is 14.5. The highest BCUT2D eigenvalue weighted by molar-refractivity contribution is 9.10. The molecule has 0 aliphatic carbocycles. The third-order valence-electron chi connectivity index (χ3n) is 4.26. The van der Waals surface area contributed by atoms with Crippen LogP contribution in [0.2, 0.25) is 0 Å². The molecule has 0 radical (unpaired) electrons. The second kappa shape index (κ2) is 7.53. The summed E-state index contributed by atoms with van der Waals surface area (Å²) >= 11 is 3.56. The summed E-state index contributed by atoms with van der Waals surface area (Å²) in [6.07, 6.45) is 3.76. The van der Waals surface area contributed by atoms with Crippen molar-refractivity contribution in [1.82, 2.24) is 10.2 Å². The van der Waals surface area contributed by atoms with E-state index in [1.54, 1.807) is 12.1 Å². The summed E-state index contributed by atoms with van der Waals surface area (Å²) in [5, 5.41) is 3.32. The van der Waals surface area contributed by atoms with Gasteiger partial charge in [0.25, 0.3) is 0 Å². The lowest BCUT2D eigenvalue weighted by Gasteiger charge is -2.35. The maximum Gasteiger partial charge on any atom is 0.124 e. The van der Waals surface area contributed by atoms with Crippen molar-refractivity contribution in [3.63, 3.8) is 0 Å². The predicted molar refractivity (Wildman–Crippen MR) is 85.4 cm³/mol. The zero-order valence-corrected chi connectivity index (χ0v) is 13.9. The summed E-state index contributed by atoms with van der Waals surface area (Å²) < 4.78 is 14.3. The molecular formula is C16H24BrFN2. The van der Waals surface area contributed by atoms with Crippen LogP contribution in [0.4, 0.5) is 4.39 Å². The van der Waals surface area contributed by atoms with Gasteiger partial charge in [-0.25, -0.2) is 4.39 Å². The zero-order valence-electron chi connectivity index (χ0n) is 12.3. The third-order valence-corrected chi connectivity index (χ3v) is 4.95. The first kappa shape index (κ1) is 15.9. The highest BCUT2D eigenvalue weighted by Crippen LogP contribution is 2.38. The molecule has 0 bridgehead atoms. The van der Waals surface area contributed by atoms with Gasteiger partial charge in [0.15, 0.2) is 0 Å². The van der Waals surface area contributed by atoms with E-state index in [4.69, 9.17) is 0 Å². The van der Waals surface area contributed by atoms with Crippen molar-refractivity contribution in [2.45, 2.75) is 32.2 Å². The van der Waals surface area contributed by atoms with E-state index >= 15 is 0 Å². The van der Waals surface area contributed by atoms with Gasteiger partial charge in [-0.2, -0.15) is 0 Å². The first-order chi connectivity index (χ1) is 9.67. The van der Waals surface area contributed by atoms with Crippen molar-refractivity contribution in [3.05, 3.63) is 34.1 Å². The fraction of sp³-hybridized carbons (Fsp3) is 0.625. The maximum absolute atomic E-state index is 13.4. The number of likely N-dealkylation sites (tertiary alicyclic amines) is 1. The van der Waals surface area contributed by atoms with E-state index < -0.39 is 0 Å². The average Bonchev–Trinajstić information content (AvgIpc) is 2.62. The van der Waals surface area contributed by atoms with Crippen LogP contribution in [-0.2, 0) is 0 Å². The lowest BCUT2D eigenvalue weighted by atomic mass is 9.89. The van der Waals surface area contributed by atoms with Gasteiger partial charge in [-0.15, -0.1) is 0 Å². The fourth-order valence-electron chi connectivity index (χ4n) is 3.34. The number of halogens is 2. The molecule has 2 atom stereocenters. The number of nitrogens with one attached hydrogen (secondary N) is 1. The minimum absolute atomic E-state index is 0.178. The molecule has 20 heavy (non-hydrogen) atoms. The molecule has 1 aliphatic heterocycles. The third kappa shape index (κ3) is 3.60. The molecule has 0 amide bonds. The molecule has 1 saturated heterocycles. The van der Waals surface area contributed by atoms with Crippen LogP contribution in [0.3, 0.4) is 0 Å². The smallest absolute Gasteiger partial charge is 0.124 e. The van der Waals surface area contributed by atoms with Crippen molar-refractivity contribution in [3.8, 4) is 0 Å². The second-order valence-electron chi connectivity index (χ2n) is 5.55. The minimum atomic E-state index is -0.178. The Morgan fingerprint density at radius 3 is 2.85 bits per heavy atom. The lowest BCUT2D eigenvalue weighted by molar-refractivity contribution is 0.162. The molecule has 112 valence electrons. The summed E-state index contributed by atoms with van der Waals surface area (Å²) in [6, 6.07) is 5.48. The van der Waals surface area contributed by atoms with E-state index in [-0.39, 0.29) is 5.82 Å². The van der Waals surface area contributed by atoms with Gasteiger partial charge in [0.2, 0.25) is 0 Å². The molecule has 1 aromatic rings. The molecule has 1 aliphatic rings. The Bertz CT molecular complexity index is 438. The van der Waals surface area contributed by atoms with Gasteiger partial charge in [-0.05, 0) is 63.1 Å². The number of nitrogens with zero attached hydrogens (tertiary/aromatic N) is 1. The Hall–Kier alpha value is -0.450. The predicted octanol–water partition coefficient (Wildman–Crippen LogP) is 3.97. The first-order valence-electron chi connectivity index (χ1n) is 7.51. The van der Waals surface area contributed by atoms with Crippen molar-refractivity contribution < 1.29 is 4.39 Å². The number of hydrogen-bond donors (Lipinski definition) is 1. The summed E-state index contributed by atoms with van der Waals surface area (Å²) in [6.45, 7) is 5.39. The normalized spacial score (nSPS) is 24.6. The molecular weight excluding hydrogens is 319 g/mol. The fourth-order valence-corrected chi connectivity index (χ4v) is 3.92. The number of benzene rings is 1. The summed E-state index contributed by atoms with van der Waals surface area (Å²) in [5.41, 5.74) is 1.22. The molecule has 2 nitrogen and oxygen atoms in total. The Kier molecular flexibility index (Phi) is 6.00. The van der Waals surface area contributed by atoms with Gasteiger partial charge in [-0.1, -0.05) is 35.3 Å². The van der Waals surface area contributed by atoms with E-state index in [0.717, 1.165) is 24.1 Å². The molecule has 0 spiro atoms. The number of rotatable bonds is 4. The van der Waals surface area contributed by atoms with Gasteiger partial charge < -0.3 is 5.32 Å². The van der Waals surface area contributed by atoms with Crippen LogP contribution < -0.4 is 5.32 Å². The molecule has 0 aromatic heterocycles. The van der Waals surface area contributed by atoms with Gasteiger partial charge in [0.05, 0.1) is 0 Å². The molecule has 4 heteroatoms. The van der Waals surface area contributed by atoms with Crippen LogP contribution in [0, 0.1) is 11.7 Å². The topological polar surface area (TPSA) is 15.3 Å². The minimum Gasteiger partial charge on any atom is -0.319 e. The van der Waals surface area contributed by atoms with Gasteiger partial charge in [-0.3, -0.25) is 4.90 Å². The van der Waals surface area contributed by atoms with Crippen molar-refractivity contribution >= 4 is 15.9 Å². The molecule has 1 heterocycles. The largest absolute Gasteiger partial charge is 0.319 e. The van der Waals surface area contributed by atoms with Crippen LogP contribution in [0.15, 0.2) is 22.7 Å². The van der Waals surface area contributed by atoms with E-state index in [1.165, 1.54) is 24.8 Å². The van der Waals surface area contributed by atoms with Crippen molar-refractivity contribution in [2.24, 2.45) is 5.92 Å². The molecule has 1 fully saturated rings. The Balaban J connectivity index is 2.37. The van der Waals surface area contributed by atoms with Crippen LogP contribution in [0.5, 0.6) is 0 Å². The molecule has 1 aromatic carbocycles. The Morgan fingerprint density at radius 2 is 2.20 bits per heavy atom. The number of hydrogen-bond acceptors (Lipinski definition) is 2. The first-order valence-corrected chi connectivity index (χ1v) is 8.30. The summed E-state index contributed by atoms with van der Waals surface area (Å²) in [4.78, 5) is 2.53. The Morgan fingerprint density at radius 1 is 1.40 bits per heavy atom. The van der Waals surface area contributed by atoms with Crippen LogP contribution in [-0.4, -0.2) is 31.6 Å². The van der Waals surface area contributed by atoms with E-state index in [1.807, 2.05) is 13.1 Å². The lowest BCUT2D eigenvalue weighted by Crippen LogP contribution is -2.36. The van der Waals surface area contributed by atoms with Gasteiger partial charge >= 0.3 is 0 Å².